The first-order valence-electron chi connectivity index (χ1n) is 12.5. The van der Waals surface area contributed by atoms with E-state index in [1.807, 2.05) is 0 Å². The molecule has 0 amide bonds. The van der Waals surface area contributed by atoms with Crippen molar-refractivity contribution in [3.8, 4) is 0 Å². The molecule has 0 nitrogen and oxygen atoms in total. The van der Waals surface area contributed by atoms with Crippen molar-refractivity contribution >= 4 is 35.6 Å². The summed E-state index contributed by atoms with van der Waals surface area (Å²) in [6.45, 7) is 2.30. The van der Waals surface area contributed by atoms with Crippen molar-refractivity contribution in [2.75, 3.05) is 6.16 Å². The molecular weight excluding hydrogens is 427 g/mol. The van der Waals surface area contributed by atoms with Gasteiger partial charge in [0.25, 0.3) is 0 Å². The van der Waals surface area contributed by atoms with Crippen molar-refractivity contribution < 1.29 is 0 Å². The van der Waals surface area contributed by atoms with Crippen LogP contribution in [-0.4, -0.2) is 6.16 Å². The number of benzene rings is 3. The molecule has 174 valence electrons. The molecule has 0 unspecified atom stereocenters. The monoisotopic (exact) mass is 468 g/mol. The van der Waals surface area contributed by atoms with Crippen molar-refractivity contribution in [1.29, 1.82) is 0 Å². The van der Waals surface area contributed by atoms with Crippen LogP contribution in [0.5, 0.6) is 0 Å². The molecule has 0 aliphatic carbocycles. The van der Waals surface area contributed by atoms with Crippen LogP contribution in [0.4, 0.5) is 0 Å². The maximum Gasteiger partial charge on any atom is -0.147 e. The second-order valence-electron chi connectivity index (χ2n) is 8.94. The summed E-state index contributed by atoms with van der Waals surface area (Å²) < 4.78 is 0. The topological polar surface area (TPSA) is 0 Å². The number of halogens is 1. The molecule has 32 heavy (non-hydrogen) atoms. The number of hydrogen-bond acceptors (Lipinski definition) is 0. The molecule has 0 saturated carbocycles. The average molecular weight is 469 g/mol. The van der Waals surface area contributed by atoms with Gasteiger partial charge in [0, 0.05) is 0 Å². The molecule has 0 aromatic heterocycles. The van der Waals surface area contributed by atoms with Gasteiger partial charge in [-0.2, -0.15) is 0 Å². The van der Waals surface area contributed by atoms with E-state index in [-0.39, 0.29) is 12.4 Å². The standard InChI is InChI=1S/C30H41P.ClH/c1-2-3-4-5-6-7-8-9-10-20-27-31(28-21-14-11-15-22-28,29-23-16-12-17-24-29)30-25-18-13-19-26-30;/h11-19,21-26,31H,2-10,20,27H2,1H3;1H. The molecule has 0 heterocycles. The van der Waals surface area contributed by atoms with Gasteiger partial charge < -0.3 is 0 Å². The Bertz CT molecular complexity index is 736. The zero-order valence-electron chi connectivity index (χ0n) is 19.8. The van der Waals surface area contributed by atoms with Crippen LogP contribution < -0.4 is 15.9 Å². The summed E-state index contributed by atoms with van der Waals surface area (Å²) >= 11 is 0. The van der Waals surface area contributed by atoms with E-state index in [0.717, 1.165) is 0 Å². The van der Waals surface area contributed by atoms with Crippen LogP contribution in [0.3, 0.4) is 0 Å². The second kappa shape index (κ2) is 15.3. The van der Waals surface area contributed by atoms with Crippen molar-refractivity contribution in [2.24, 2.45) is 0 Å². The summed E-state index contributed by atoms with van der Waals surface area (Å²) in [5.41, 5.74) is 0. The van der Waals surface area contributed by atoms with Gasteiger partial charge in [-0.3, -0.25) is 0 Å². The largest absolute Gasteiger partial charge is 0.147 e. The molecule has 0 radical (unpaired) electrons. The summed E-state index contributed by atoms with van der Waals surface area (Å²) in [4.78, 5) is 0. The smallest absolute Gasteiger partial charge is 0.147 e. The van der Waals surface area contributed by atoms with E-state index < -0.39 is 7.26 Å². The summed E-state index contributed by atoms with van der Waals surface area (Å²) in [7, 11) is -2.01. The molecule has 3 aromatic rings. The first kappa shape index (κ1) is 26.6. The van der Waals surface area contributed by atoms with Gasteiger partial charge >= 0.3 is 191 Å². The van der Waals surface area contributed by atoms with Gasteiger partial charge in [0.2, 0.25) is 0 Å². The van der Waals surface area contributed by atoms with Gasteiger partial charge in [-0.1, -0.05) is 0 Å². The quantitative estimate of drug-likeness (QED) is 0.166. The van der Waals surface area contributed by atoms with Crippen molar-refractivity contribution in [2.45, 2.75) is 71.1 Å². The molecule has 0 bridgehead atoms. The zero-order chi connectivity index (χ0) is 21.6. The molecule has 0 saturated heterocycles. The summed E-state index contributed by atoms with van der Waals surface area (Å²) in [5, 5.41) is 4.63. The fraction of sp³-hybridized carbons (Fsp3) is 0.400. The SMILES string of the molecule is CCCCCCCCCCCC[PH](c1ccccc1)(c1ccccc1)c1ccccc1.Cl. The van der Waals surface area contributed by atoms with Crippen LogP contribution in [0, 0.1) is 0 Å². The maximum absolute atomic E-state index is 2.38. The van der Waals surface area contributed by atoms with E-state index in [9.17, 15) is 0 Å². The number of unbranched alkanes of at least 4 members (excludes halogenated alkanes) is 9. The molecular formula is C30H42ClP. The second-order valence-corrected chi connectivity index (χ2v) is 13.0. The first-order chi connectivity index (χ1) is 15.4. The number of hydrogen-bond donors (Lipinski definition) is 0. The van der Waals surface area contributed by atoms with E-state index in [1.54, 1.807) is 15.9 Å². The summed E-state index contributed by atoms with van der Waals surface area (Å²) in [6.07, 6.45) is 15.2. The molecule has 0 fully saturated rings. The fourth-order valence-corrected chi connectivity index (χ4v) is 9.91. The third-order valence-corrected chi connectivity index (χ3v) is 11.8. The van der Waals surface area contributed by atoms with Gasteiger partial charge in [0.1, 0.15) is 0 Å². The van der Waals surface area contributed by atoms with Gasteiger partial charge in [0.05, 0.1) is 0 Å². The van der Waals surface area contributed by atoms with Crippen LogP contribution in [0.25, 0.3) is 0 Å². The molecule has 0 aliphatic heterocycles. The molecule has 3 aromatic carbocycles. The van der Waals surface area contributed by atoms with Crippen LogP contribution in [0.15, 0.2) is 91.0 Å². The van der Waals surface area contributed by atoms with E-state index in [2.05, 4.69) is 97.9 Å². The Hall–Kier alpha value is -1.62. The summed E-state index contributed by atoms with van der Waals surface area (Å²) in [6, 6.07) is 34.1. The van der Waals surface area contributed by atoms with Crippen LogP contribution in [0.2, 0.25) is 0 Å². The first-order valence-corrected chi connectivity index (χ1v) is 14.7. The van der Waals surface area contributed by atoms with Crippen LogP contribution in [0.1, 0.15) is 71.1 Å². The third kappa shape index (κ3) is 7.47. The Morgan fingerprint density at radius 1 is 0.438 bits per heavy atom. The van der Waals surface area contributed by atoms with E-state index in [4.69, 9.17) is 0 Å². The Labute approximate surface area is 203 Å². The Balaban J connectivity index is 0.00000363. The van der Waals surface area contributed by atoms with E-state index in [1.165, 1.54) is 70.4 Å². The third-order valence-electron chi connectivity index (χ3n) is 6.71. The van der Waals surface area contributed by atoms with E-state index >= 15 is 0 Å². The molecule has 0 atom stereocenters. The van der Waals surface area contributed by atoms with Gasteiger partial charge in [-0.25, -0.2) is 0 Å². The maximum atomic E-state index is 2.38. The van der Waals surface area contributed by atoms with Crippen LogP contribution in [-0.2, 0) is 0 Å². The molecule has 0 N–H and O–H groups in total. The number of rotatable bonds is 14. The predicted molar refractivity (Wildman–Crippen MR) is 151 cm³/mol. The molecule has 3 rings (SSSR count). The average Bonchev–Trinajstić information content (AvgIpc) is 2.84. The minimum absolute atomic E-state index is 0. The predicted octanol–water partition coefficient (Wildman–Crippen LogP) is 8.06. The minimum atomic E-state index is -2.01. The van der Waals surface area contributed by atoms with E-state index in [0.29, 0.717) is 0 Å². The molecule has 0 spiro atoms. The normalized spacial score (nSPS) is 11.7. The Kier molecular flexibility index (Phi) is 12.7. The van der Waals surface area contributed by atoms with Crippen molar-refractivity contribution in [3.63, 3.8) is 0 Å². The van der Waals surface area contributed by atoms with Crippen LogP contribution >= 0.6 is 19.7 Å². The van der Waals surface area contributed by atoms with Gasteiger partial charge in [-0.05, 0) is 0 Å². The van der Waals surface area contributed by atoms with Crippen molar-refractivity contribution in [1.82, 2.24) is 0 Å². The Morgan fingerprint density at radius 2 is 0.750 bits per heavy atom. The fourth-order valence-electron chi connectivity index (χ4n) is 4.98. The van der Waals surface area contributed by atoms with Crippen molar-refractivity contribution in [3.05, 3.63) is 91.0 Å². The molecule has 0 aliphatic rings. The minimum Gasteiger partial charge on any atom is -0.147 e. The molecule has 2 heteroatoms. The van der Waals surface area contributed by atoms with Gasteiger partial charge in [0.15, 0.2) is 0 Å². The van der Waals surface area contributed by atoms with Gasteiger partial charge in [-0.15, -0.1) is 12.4 Å². The Morgan fingerprint density at radius 3 is 1.09 bits per heavy atom. The zero-order valence-corrected chi connectivity index (χ0v) is 21.7. The summed E-state index contributed by atoms with van der Waals surface area (Å²) in [5.74, 6) is 0.